The first-order valence-electron chi connectivity index (χ1n) is 27.9. The smallest absolute Gasteiger partial charge is 0.305 e. The molecule has 0 saturated carbocycles. The van der Waals surface area contributed by atoms with Gasteiger partial charge in [0, 0.05) is 12.8 Å². The van der Waals surface area contributed by atoms with Crippen LogP contribution < -0.4 is 5.32 Å². The van der Waals surface area contributed by atoms with Crippen molar-refractivity contribution in [1.82, 2.24) is 5.32 Å². The molecule has 0 rings (SSSR count). The first kappa shape index (κ1) is 60.6. The molecule has 0 aliphatic rings. The molecule has 0 saturated heterocycles. The SMILES string of the molecule is CCCCCCCCCCCCCCCC(=O)OCCCCCCCCCCCCC/C=C\CCCCCCCCCC(=O)NC(CO)C(O)CCCCCCCCCCCC. The average Bonchev–Trinajstić information content (AvgIpc) is 3.27. The fraction of sp³-hybridized carbons (Fsp3) is 0.929. The van der Waals surface area contributed by atoms with Crippen molar-refractivity contribution >= 4 is 11.9 Å². The number of carbonyl (C=O) groups is 2. The molecule has 2 atom stereocenters. The largest absolute Gasteiger partial charge is 0.466 e. The quantitative estimate of drug-likeness (QED) is 0.0321. The maximum absolute atomic E-state index is 12.4. The normalized spacial score (nSPS) is 12.6. The van der Waals surface area contributed by atoms with Crippen LogP contribution >= 0.6 is 0 Å². The summed E-state index contributed by atoms with van der Waals surface area (Å²) in [7, 11) is 0. The molecular weight excluding hydrogens is 767 g/mol. The zero-order valence-electron chi connectivity index (χ0n) is 41.9. The number of hydrogen-bond donors (Lipinski definition) is 3. The van der Waals surface area contributed by atoms with Crippen molar-refractivity contribution in [2.45, 2.75) is 321 Å². The van der Waals surface area contributed by atoms with Crippen molar-refractivity contribution in [2.24, 2.45) is 0 Å². The number of amides is 1. The Morgan fingerprint density at radius 3 is 1.15 bits per heavy atom. The van der Waals surface area contributed by atoms with Crippen molar-refractivity contribution < 1.29 is 24.5 Å². The molecule has 62 heavy (non-hydrogen) atoms. The van der Waals surface area contributed by atoms with E-state index in [-0.39, 0.29) is 18.5 Å². The van der Waals surface area contributed by atoms with Crippen molar-refractivity contribution in [3.8, 4) is 0 Å². The van der Waals surface area contributed by atoms with Crippen LogP contribution in [0.1, 0.15) is 309 Å². The molecule has 0 aliphatic heterocycles. The molecule has 0 radical (unpaired) electrons. The zero-order chi connectivity index (χ0) is 45.1. The number of nitrogens with one attached hydrogen (secondary N) is 1. The van der Waals surface area contributed by atoms with Crippen LogP contribution in [0.15, 0.2) is 12.2 Å². The summed E-state index contributed by atoms with van der Waals surface area (Å²) in [6.07, 6.45) is 60.6. The Kier molecular flexibility index (Phi) is 51.0. The highest BCUT2D eigenvalue weighted by molar-refractivity contribution is 5.76. The van der Waals surface area contributed by atoms with E-state index < -0.39 is 12.1 Å². The van der Waals surface area contributed by atoms with E-state index >= 15 is 0 Å². The fourth-order valence-electron chi connectivity index (χ4n) is 8.75. The summed E-state index contributed by atoms with van der Waals surface area (Å²) in [5.74, 6) is -0.0312. The van der Waals surface area contributed by atoms with Crippen LogP contribution in [-0.2, 0) is 14.3 Å². The van der Waals surface area contributed by atoms with E-state index in [2.05, 4.69) is 31.3 Å². The summed E-state index contributed by atoms with van der Waals surface area (Å²) in [6, 6.07) is -0.543. The van der Waals surface area contributed by atoms with Gasteiger partial charge in [0.2, 0.25) is 5.91 Å². The van der Waals surface area contributed by atoms with Crippen LogP contribution in [0.5, 0.6) is 0 Å². The topological polar surface area (TPSA) is 95.9 Å². The van der Waals surface area contributed by atoms with Gasteiger partial charge < -0.3 is 20.3 Å². The number of aliphatic hydroxyl groups excluding tert-OH is 2. The van der Waals surface area contributed by atoms with Crippen molar-refractivity contribution in [1.29, 1.82) is 0 Å². The number of esters is 1. The molecule has 2 unspecified atom stereocenters. The molecule has 3 N–H and O–H groups in total. The zero-order valence-corrected chi connectivity index (χ0v) is 41.9. The first-order chi connectivity index (χ1) is 30.5. The number of carbonyl (C=O) groups excluding carboxylic acids is 2. The molecule has 0 spiro atoms. The number of ether oxygens (including phenoxy) is 1. The second kappa shape index (κ2) is 52.2. The van der Waals surface area contributed by atoms with Crippen molar-refractivity contribution in [3.63, 3.8) is 0 Å². The molecule has 0 bridgehead atoms. The van der Waals surface area contributed by atoms with Gasteiger partial charge in [0.1, 0.15) is 0 Å². The van der Waals surface area contributed by atoms with Crippen LogP contribution in [0.3, 0.4) is 0 Å². The van der Waals surface area contributed by atoms with Gasteiger partial charge in [0.05, 0.1) is 25.4 Å². The number of unbranched alkanes of at least 4 members (excludes halogenated alkanes) is 39. The molecule has 1 amide bonds. The predicted octanol–water partition coefficient (Wildman–Crippen LogP) is 16.9. The molecule has 0 aromatic heterocycles. The van der Waals surface area contributed by atoms with Crippen LogP contribution in [0.4, 0.5) is 0 Å². The van der Waals surface area contributed by atoms with Gasteiger partial charge in [-0.2, -0.15) is 0 Å². The number of hydrogen-bond acceptors (Lipinski definition) is 5. The first-order valence-corrected chi connectivity index (χ1v) is 27.9. The lowest BCUT2D eigenvalue weighted by Gasteiger charge is -2.22. The summed E-state index contributed by atoms with van der Waals surface area (Å²) >= 11 is 0. The maximum atomic E-state index is 12.4. The minimum Gasteiger partial charge on any atom is -0.466 e. The molecule has 368 valence electrons. The molecule has 6 nitrogen and oxygen atoms in total. The van der Waals surface area contributed by atoms with Gasteiger partial charge in [-0.15, -0.1) is 0 Å². The fourth-order valence-corrected chi connectivity index (χ4v) is 8.75. The number of rotatable bonds is 52. The summed E-state index contributed by atoms with van der Waals surface area (Å²) in [5.41, 5.74) is 0. The Labute approximate surface area is 387 Å². The summed E-state index contributed by atoms with van der Waals surface area (Å²) in [6.45, 7) is 4.94. The number of aliphatic hydroxyl groups is 2. The molecule has 0 aliphatic carbocycles. The van der Waals surface area contributed by atoms with Crippen molar-refractivity contribution in [3.05, 3.63) is 12.2 Å². The molecular formula is C56H109NO5. The second-order valence-corrected chi connectivity index (χ2v) is 19.3. The van der Waals surface area contributed by atoms with E-state index in [0.717, 1.165) is 38.5 Å². The summed E-state index contributed by atoms with van der Waals surface area (Å²) in [4.78, 5) is 24.4. The Morgan fingerprint density at radius 1 is 0.435 bits per heavy atom. The molecule has 0 aromatic rings. The molecule has 6 heteroatoms. The van der Waals surface area contributed by atoms with Crippen LogP contribution in [0.2, 0.25) is 0 Å². The van der Waals surface area contributed by atoms with Gasteiger partial charge in [0.15, 0.2) is 0 Å². The van der Waals surface area contributed by atoms with E-state index in [4.69, 9.17) is 4.74 Å². The average molecular weight is 876 g/mol. The van der Waals surface area contributed by atoms with Crippen molar-refractivity contribution in [2.75, 3.05) is 13.2 Å². The lowest BCUT2D eigenvalue weighted by Crippen LogP contribution is -2.45. The molecule has 0 heterocycles. The predicted molar refractivity (Wildman–Crippen MR) is 269 cm³/mol. The number of allylic oxidation sites excluding steroid dienone is 2. The molecule has 0 aromatic carbocycles. The third kappa shape index (κ3) is 48.1. The summed E-state index contributed by atoms with van der Waals surface area (Å²) < 4.78 is 5.47. The highest BCUT2D eigenvalue weighted by Crippen LogP contribution is 2.17. The maximum Gasteiger partial charge on any atom is 0.305 e. The van der Waals surface area contributed by atoms with E-state index in [1.165, 1.54) is 238 Å². The van der Waals surface area contributed by atoms with E-state index in [0.29, 0.717) is 25.9 Å². The van der Waals surface area contributed by atoms with Gasteiger partial charge in [-0.3, -0.25) is 9.59 Å². The van der Waals surface area contributed by atoms with E-state index in [1.54, 1.807) is 0 Å². The lowest BCUT2D eigenvalue weighted by atomic mass is 10.0. The lowest BCUT2D eigenvalue weighted by molar-refractivity contribution is -0.143. The monoisotopic (exact) mass is 876 g/mol. The molecule has 0 fully saturated rings. The minimum absolute atomic E-state index is 0.0116. The minimum atomic E-state index is -0.665. The Bertz CT molecular complexity index is 924. The van der Waals surface area contributed by atoms with E-state index in [1.807, 2.05) is 0 Å². The Hall–Kier alpha value is -1.40. The van der Waals surface area contributed by atoms with Gasteiger partial charge in [-0.05, 0) is 51.4 Å². The third-order valence-electron chi connectivity index (χ3n) is 13.1. The third-order valence-corrected chi connectivity index (χ3v) is 13.1. The standard InChI is InChI=1S/C56H109NO5/c1-3-5-7-9-11-13-15-26-30-34-38-42-46-50-56(61)62-51-47-43-39-35-31-28-25-23-21-19-17-16-18-20-22-24-27-29-33-37-41-45-49-55(60)57-53(52-58)54(59)48-44-40-36-32-14-12-10-8-6-4-2/h18,20,53-54,58-59H,3-17,19,21-52H2,1-2H3,(H,57,60)/b20-18-. The van der Waals surface area contributed by atoms with Crippen LogP contribution in [0, 0.1) is 0 Å². The van der Waals surface area contributed by atoms with Crippen LogP contribution in [-0.4, -0.2) is 47.4 Å². The van der Waals surface area contributed by atoms with Gasteiger partial charge >= 0.3 is 5.97 Å². The highest BCUT2D eigenvalue weighted by Gasteiger charge is 2.20. The summed E-state index contributed by atoms with van der Waals surface area (Å²) in [5, 5.41) is 23.1. The van der Waals surface area contributed by atoms with Gasteiger partial charge in [-0.1, -0.05) is 257 Å². The Morgan fingerprint density at radius 2 is 0.758 bits per heavy atom. The van der Waals surface area contributed by atoms with Gasteiger partial charge in [-0.25, -0.2) is 0 Å². The van der Waals surface area contributed by atoms with Gasteiger partial charge in [0.25, 0.3) is 0 Å². The van der Waals surface area contributed by atoms with Crippen LogP contribution in [0.25, 0.3) is 0 Å². The Balaban J connectivity index is 3.38. The second-order valence-electron chi connectivity index (χ2n) is 19.3. The highest BCUT2D eigenvalue weighted by atomic mass is 16.5. The van der Waals surface area contributed by atoms with E-state index in [9.17, 15) is 19.8 Å².